The molecule has 1 aromatic rings. The van der Waals surface area contributed by atoms with Gasteiger partial charge in [0.15, 0.2) is 0 Å². The van der Waals surface area contributed by atoms with Crippen molar-refractivity contribution in [3.8, 4) is 0 Å². The molecule has 0 saturated heterocycles. The quantitative estimate of drug-likeness (QED) is 0.466. The monoisotopic (exact) mass is 232 g/mol. The van der Waals surface area contributed by atoms with Crippen LogP contribution in [-0.2, 0) is 6.18 Å². The normalized spacial score (nSPS) is 11.8. The molecule has 13 heavy (non-hydrogen) atoms. The van der Waals surface area contributed by atoms with Gasteiger partial charge in [0.25, 0.3) is 0 Å². The molecule has 0 aliphatic carbocycles. The maximum Gasteiger partial charge on any atom is 0.416 e. The van der Waals surface area contributed by atoms with Crippen molar-refractivity contribution in [2.24, 2.45) is 0 Å². The molecule has 0 N–H and O–H groups in total. The minimum atomic E-state index is -4.62. The van der Waals surface area contributed by atoms with Crippen LogP contribution >= 0.6 is 23.2 Å². The number of hydrogen-bond acceptors (Lipinski definition) is 0. The van der Waals surface area contributed by atoms with E-state index >= 15 is 0 Å². The largest absolute Gasteiger partial charge is 0.416 e. The lowest BCUT2D eigenvalue weighted by molar-refractivity contribution is -0.137. The van der Waals surface area contributed by atoms with Crippen LogP contribution in [0.2, 0.25) is 10.0 Å². The molecular weight excluding hydrogens is 231 g/mol. The van der Waals surface area contributed by atoms with E-state index in [-0.39, 0.29) is 0 Å². The molecule has 0 spiro atoms. The minimum Gasteiger partial charge on any atom is -0.205 e. The SMILES string of the molecule is Fc1cc(C(F)(F)F)cc(Cl)c1Cl. The van der Waals surface area contributed by atoms with Gasteiger partial charge < -0.3 is 0 Å². The lowest BCUT2D eigenvalue weighted by Gasteiger charge is -2.07. The van der Waals surface area contributed by atoms with Gasteiger partial charge in [-0.05, 0) is 12.1 Å². The zero-order valence-electron chi connectivity index (χ0n) is 5.92. The third-order valence-corrected chi connectivity index (χ3v) is 2.09. The van der Waals surface area contributed by atoms with E-state index in [0.717, 1.165) is 0 Å². The molecule has 0 aliphatic rings. The highest BCUT2D eigenvalue weighted by Crippen LogP contribution is 2.35. The van der Waals surface area contributed by atoms with E-state index in [1.54, 1.807) is 0 Å². The van der Waals surface area contributed by atoms with E-state index in [4.69, 9.17) is 23.2 Å². The van der Waals surface area contributed by atoms with Gasteiger partial charge in [0, 0.05) is 0 Å². The van der Waals surface area contributed by atoms with E-state index in [1.165, 1.54) is 0 Å². The highest BCUT2D eigenvalue weighted by Gasteiger charge is 2.32. The minimum absolute atomic E-state index is 0.300. The van der Waals surface area contributed by atoms with Gasteiger partial charge in [0.2, 0.25) is 0 Å². The van der Waals surface area contributed by atoms with Gasteiger partial charge in [-0.2, -0.15) is 13.2 Å². The Morgan fingerprint density at radius 3 is 2.00 bits per heavy atom. The van der Waals surface area contributed by atoms with Gasteiger partial charge in [0.1, 0.15) is 5.82 Å². The Balaban J connectivity index is 3.29. The van der Waals surface area contributed by atoms with Crippen molar-refractivity contribution >= 4 is 23.2 Å². The molecule has 0 radical (unpaired) electrons. The Kier molecular flexibility index (Phi) is 2.73. The molecule has 72 valence electrons. The average molecular weight is 233 g/mol. The van der Waals surface area contributed by atoms with Crippen LogP contribution in [0.3, 0.4) is 0 Å². The molecule has 0 nitrogen and oxygen atoms in total. The fraction of sp³-hybridized carbons (Fsp3) is 0.143. The standard InChI is InChI=1S/C7H2Cl2F4/c8-4-1-3(7(11,12)13)2-5(10)6(4)9/h1-2H. The third kappa shape index (κ3) is 2.25. The van der Waals surface area contributed by atoms with Crippen molar-refractivity contribution in [1.29, 1.82) is 0 Å². The molecule has 0 atom stereocenters. The Morgan fingerprint density at radius 1 is 1.08 bits per heavy atom. The highest BCUT2D eigenvalue weighted by molar-refractivity contribution is 6.42. The smallest absolute Gasteiger partial charge is 0.205 e. The maximum absolute atomic E-state index is 12.7. The van der Waals surface area contributed by atoms with Gasteiger partial charge in [0.05, 0.1) is 15.6 Å². The molecular formula is C7H2Cl2F4. The maximum atomic E-state index is 12.7. The first-order valence-electron chi connectivity index (χ1n) is 3.04. The van der Waals surface area contributed by atoms with E-state index in [2.05, 4.69) is 0 Å². The number of alkyl halides is 3. The second-order valence-corrected chi connectivity index (χ2v) is 3.04. The molecule has 0 bridgehead atoms. The van der Waals surface area contributed by atoms with Gasteiger partial charge in [-0.25, -0.2) is 4.39 Å². The van der Waals surface area contributed by atoms with Crippen LogP contribution in [-0.4, -0.2) is 0 Å². The summed E-state index contributed by atoms with van der Waals surface area (Å²) in [7, 11) is 0. The van der Waals surface area contributed by atoms with E-state index in [1.807, 2.05) is 0 Å². The van der Waals surface area contributed by atoms with Crippen molar-refractivity contribution in [3.63, 3.8) is 0 Å². The van der Waals surface area contributed by atoms with Crippen LogP contribution in [0.4, 0.5) is 17.6 Å². The fourth-order valence-electron chi connectivity index (χ4n) is 0.719. The first kappa shape index (κ1) is 10.6. The van der Waals surface area contributed by atoms with Crippen molar-refractivity contribution < 1.29 is 17.6 Å². The molecule has 1 aromatic carbocycles. The number of halogens is 6. The number of benzene rings is 1. The van der Waals surface area contributed by atoms with Crippen molar-refractivity contribution in [3.05, 3.63) is 33.6 Å². The summed E-state index contributed by atoms with van der Waals surface area (Å²) in [6, 6.07) is 0.876. The topological polar surface area (TPSA) is 0 Å². The lowest BCUT2D eigenvalue weighted by Crippen LogP contribution is -2.05. The lowest BCUT2D eigenvalue weighted by atomic mass is 10.2. The van der Waals surface area contributed by atoms with Gasteiger partial charge in [-0.15, -0.1) is 0 Å². The number of hydrogen-bond donors (Lipinski definition) is 0. The fourth-order valence-corrected chi connectivity index (χ4v) is 1.04. The predicted molar refractivity (Wildman–Crippen MR) is 41.4 cm³/mol. The molecule has 0 aliphatic heterocycles. The molecule has 1 rings (SSSR count). The van der Waals surface area contributed by atoms with Crippen LogP contribution in [0.1, 0.15) is 5.56 Å². The summed E-state index contributed by atoms with van der Waals surface area (Å²) in [5.74, 6) is -1.18. The number of rotatable bonds is 0. The Labute approximate surface area is 81.1 Å². The van der Waals surface area contributed by atoms with Crippen LogP contribution in [0.15, 0.2) is 12.1 Å². The molecule has 0 heterocycles. The molecule has 0 fully saturated rings. The van der Waals surface area contributed by atoms with Gasteiger partial charge in [-0.1, -0.05) is 23.2 Å². The summed E-state index contributed by atoms with van der Waals surface area (Å²) >= 11 is 10.5. The Hall–Kier alpha value is -0.480. The molecule has 0 amide bonds. The summed E-state index contributed by atoms with van der Waals surface area (Å²) in [5, 5.41) is -0.955. The van der Waals surface area contributed by atoms with Crippen molar-refractivity contribution in [1.82, 2.24) is 0 Å². The highest BCUT2D eigenvalue weighted by atomic mass is 35.5. The first-order chi connectivity index (χ1) is 5.82. The molecule has 0 saturated carbocycles. The molecule has 0 aromatic heterocycles. The van der Waals surface area contributed by atoms with Gasteiger partial charge in [-0.3, -0.25) is 0 Å². The summed E-state index contributed by atoms with van der Waals surface area (Å²) in [4.78, 5) is 0. The van der Waals surface area contributed by atoms with E-state index < -0.39 is 27.6 Å². The zero-order chi connectivity index (χ0) is 10.2. The Morgan fingerprint density at radius 2 is 1.62 bits per heavy atom. The van der Waals surface area contributed by atoms with Crippen LogP contribution in [0.5, 0.6) is 0 Å². The third-order valence-electron chi connectivity index (χ3n) is 1.31. The average Bonchev–Trinajstić information content (AvgIpc) is 1.97. The molecule has 6 heteroatoms. The predicted octanol–water partition coefficient (Wildman–Crippen LogP) is 4.15. The van der Waals surface area contributed by atoms with E-state index in [0.29, 0.717) is 12.1 Å². The molecule has 0 unspecified atom stereocenters. The van der Waals surface area contributed by atoms with Crippen LogP contribution in [0, 0.1) is 5.82 Å². The van der Waals surface area contributed by atoms with E-state index in [9.17, 15) is 17.6 Å². The second kappa shape index (κ2) is 3.35. The summed E-state index contributed by atoms with van der Waals surface area (Å²) < 4.78 is 48.7. The Bertz CT molecular complexity index is 309. The summed E-state index contributed by atoms with van der Waals surface area (Å²) in [5.41, 5.74) is -1.15. The van der Waals surface area contributed by atoms with Crippen LogP contribution in [0.25, 0.3) is 0 Å². The van der Waals surface area contributed by atoms with Crippen molar-refractivity contribution in [2.75, 3.05) is 0 Å². The van der Waals surface area contributed by atoms with Gasteiger partial charge >= 0.3 is 6.18 Å². The summed E-state index contributed by atoms with van der Waals surface area (Å²) in [6.07, 6.45) is -4.62. The zero-order valence-corrected chi connectivity index (χ0v) is 7.43. The summed E-state index contributed by atoms with van der Waals surface area (Å²) in [6.45, 7) is 0. The second-order valence-electron chi connectivity index (χ2n) is 2.25. The first-order valence-corrected chi connectivity index (χ1v) is 3.79. The van der Waals surface area contributed by atoms with Crippen LogP contribution < -0.4 is 0 Å². The van der Waals surface area contributed by atoms with Crippen molar-refractivity contribution in [2.45, 2.75) is 6.18 Å².